The molecule has 1 saturated carbocycles. The van der Waals surface area contributed by atoms with Gasteiger partial charge in [-0.3, -0.25) is 0 Å². The SMILES string of the molecule is N#CCC1(c2ccccc2Cl)CC1. The predicted molar refractivity (Wildman–Crippen MR) is 52.6 cm³/mol. The van der Waals surface area contributed by atoms with Gasteiger partial charge in [0.15, 0.2) is 0 Å². The number of hydrogen-bond donors (Lipinski definition) is 0. The molecule has 0 N–H and O–H groups in total. The van der Waals surface area contributed by atoms with Gasteiger partial charge in [-0.05, 0) is 24.5 Å². The lowest BCUT2D eigenvalue weighted by atomic mass is 9.93. The van der Waals surface area contributed by atoms with Crippen molar-refractivity contribution >= 4 is 11.6 Å². The van der Waals surface area contributed by atoms with E-state index in [1.165, 1.54) is 0 Å². The van der Waals surface area contributed by atoms with Gasteiger partial charge in [-0.25, -0.2) is 0 Å². The molecule has 1 nitrogen and oxygen atoms in total. The molecular formula is C11H10ClN. The minimum absolute atomic E-state index is 0.0904. The molecule has 13 heavy (non-hydrogen) atoms. The molecule has 0 saturated heterocycles. The van der Waals surface area contributed by atoms with E-state index in [1.54, 1.807) is 0 Å². The van der Waals surface area contributed by atoms with E-state index >= 15 is 0 Å². The Bertz CT molecular complexity index is 361. The van der Waals surface area contributed by atoms with Crippen LogP contribution in [0.15, 0.2) is 24.3 Å². The third kappa shape index (κ3) is 1.43. The summed E-state index contributed by atoms with van der Waals surface area (Å²) in [4.78, 5) is 0. The van der Waals surface area contributed by atoms with Crippen molar-refractivity contribution in [2.24, 2.45) is 0 Å². The van der Waals surface area contributed by atoms with E-state index < -0.39 is 0 Å². The van der Waals surface area contributed by atoms with Crippen LogP contribution < -0.4 is 0 Å². The second kappa shape index (κ2) is 3.05. The van der Waals surface area contributed by atoms with Crippen LogP contribution in [0.4, 0.5) is 0 Å². The van der Waals surface area contributed by atoms with Gasteiger partial charge in [0.25, 0.3) is 0 Å². The van der Waals surface area contributed by atoms with Crippen molar-refractivity contribution in [2.75, 3.05) is 0 Å². The molecule has 1 aliphatic carbocycles. The highest BCUT2D eigenvalue weighted by atomic mass is 35.5. The molecule has 0 heterocycles. The normalized spacial score (nSPS) is 17.8. The van der Waals surface area contributed by atoms with Crippen LogP contribution in [0.2, 0.25) is 5.02 Å². The zero-order valence-electron chi connectivity index (χ0n) is 7.26. The molecule has 0 spiro atoms. The van der Waals surface area contributed by atoms with Crippen LogP contribution >= 0.6 is 11.6 Å². The third-order valence-corrected chi connectivity index (χ3v) is 3.05. The number of rotatable bonds is 2. The summed E-state index contributed by atoms with van der Waals surface area (Å²) in [6, 6.07) is 10.1. The van der Waals surface area contributed by atoms with Crippen molar-refractivity contribution in [1.29, 1.82) is 5.26 Å². The van der Waals surface area contributed by atoms with Crippen molar-refractivity contribution in [2.45, 2.75) is 24.7 Å². The van der Waals surface area contributed by atoms with Crippen molar-refractivity contribution in [3.05, 3.63) is 34.9 Å². The molecule has 1 fully saturated rings. The van der Waals surface area contributed by atoms with Crippen LogP contribution in [0, 0.1) is 11.3 Å². The van der Waals surface area contributed by atoms with Gasteiger partial charge in [0.2, 0.25) is 0 Å². The second-order valence-corrected chi connectivity index (χ2v) is 4.00. The van der Waals surface area contributed by atoms with Crippen LogP contribution in [0.5, 0.6) is 0 Å². The van der Waals surface area contributed by atoms with E-state index in [1.807, 2.05) is 24.3 Å². The Morgan fingerprint density at radius 3 is 2.62 bits per heavy atom. The minimum Gasteiger partial charge on any atom is -0.198 e. The van der Waals surface area contributed by atoms with Gasteiger partial charge >= 0.3 is 0 Å². The van der Waals surface area contributed by atoms with Gasteiger partial charge in [0, 0.05) is 16.9 Å². The first-order valence-electron chi connectivity index (χ1n) is 4.40. The topological polar surface area (TPSA) is 23.8 Å². The van der Waals surface area contributed by atoms with Crippen molar-refractivity contribution in [3.63, 3.8) is 0 Å². The molecule has 0 aromatic heterocycles. The van der Waals surface area contributed by atoms with Crippen LogP contribution in [0.3, 0.4) is 0 Å². The molecule has 0 aliphatic heterocycles. The molecule has 66 valence electrons. The molecular weight excluding hydrogens is 182 g/mol. The summed E-state index contributed by atoms with van der Waals surface area (Å²) in [5.41, 5.74) is 1.24. The Labute approximate surface area is 82.9 Å². The molecule has 0 atom stereocenters. The molecule has 1 aromatic rings. The first kappa shape index (κ1) is 8.59. The Balaban J connectivity index is 2.36. The fraction of sp³-hybridized carbons (Fsp3) is 0.364. The highest BCUT2D eigenvalue weighted by Gasteiger charge is 2.45. The van der Waals surface area contributed by atoms with Crippen LogP contribution in [0.1, 0.15) is 24.8 Å². The van der Waals surface area contributed by atoms with Gasteiger partial charge in [0.1, 0.15) is 0 Å². The summed E-state index contributed by atoms with van der Waals surface area (Å²) < 4.78 is 0. The van der Waals surface area contributed by atoms with Gasteiger partial charge in [-0.15, -0.1) is 0 Å². The van der Waals surface area contributed by atoms with Crippen LogP contribution in [-0.2, 0) is 5.41 Å². The van der Waals surface area contributed by atoms with E-state index in [0.717, 1.165) is 23.4 Å². The number of halogens is 1. The maximum Gasteiger partial charge on any atom is 0.0631 e. The summed E-state index contributed by atoms with van der Waals surface area (Å²) in [6.45, 7) is 0. The molecule has 0 radical (unpaired) electrons. The van der Waals surface area contributed by atoms with Gasteiger partial charge < -0.3 is 0 Å². The highest BCUT2D eigenvalue weighted by Crippen LogP contribution is 2.52. The zero-order valence-corrected chi connectivity index (χ0v) is 8.01. The van der Waals surface area contributed by atoms with E-state index in [-0.39, 0.29) is 5.41 Å². The molecule has 2 heteroatoms. The number of nitrogens with zero attached hydrogens (tertiary/aromatic N) is 1. The Hall–Kier alpha value is -1.00. The second-order valence-electron chi connectivity index (χ2n) is 3.60. The van der Waals surface area contributed by atoms with E-state index in [0.29, 0.717) is 6.42 Å². The maximum absolute atomic E-state index is 8.70. The van der Waals surface area contributed by atoms with E-state index in [2.05, 4.69) is 6.07 Å². The van der Waals surface area contributed by atoms with E-state index in [9.17, 15) is 0 Å². The van der Waals surface area contributed by atoms with Gasteiger partial charge in [-0.2, -0.15) is 5.26 Å². The molecule has 0 unspecified atom stereocenters. The lowest BCUT2D eigenvalue weighted by molar-refractivity contribution is 0.715. The lowest BCUT2D eigenvalue weighted by Crippen LogP contribution is -2.05. The summed E-state index contributed by atoms with van der Waals surface area (Å²) in [5.74, 6) is 0. The maximum atomic E-state index is 8.70. The van der Waals surface area contributed by atoms with E-state index in [4.69, 9.17) is 16.9 Å². The number of hydrogen-bond acceptors (Lipinski definition) is 1. The Morgan fingerprint density at radius 1 is 1.38 bits per heavy atom. The molecule has 0 bridgehead atoms. The monoisotopic (exact) mass is 191 g/mol. The van der Waals surface area contributed by atoms with Gasteiger partial charge in [0.05, 0.1) is 6.07 Å². The fourth-order valence-electron chi connectivity index (χ4n) is 1.73. The van der Waals surface area contributed by atoms with Crippen LogP contribution in [-0.4, -0.2) is 0 Å². The zero-order chi connectivity index (χ0) is 9.31. The molecule has 1 aliphatic rings. The third-order valence-electron chi connectivity index (χ3n) is 2.72. The fourth-order valence-corrected chi connectivity index (χ4v) is 2.07. The quantitative estimate of drug-likeness (QED) is 0.704. The summed E-state index contributed by atoms with van der Waals surface area (Å²) in [6.07, 6.45) is 2.80. The van der Waals surface area contributed by atoms with Gasteiger partial charge in [-0.1, -0.05) is 29.8 Å². The highest BCUT2D eigenvalue weighted by molar-refractivity contribution is 6.31. The van der Waals surface area contributed by atoms with Crippen LogP contribution in [0.25, 0.3) is 0 Å². The Kier molecular flexibility index (Phi) is 2.01. The van der Waals surface area contributed by atoms with Crippen molar-refractivity contribution < 1.29 is 0 Å². The van der Waals surface area contributed by atoms with Crippen molar-refractivity contribution in [3.8, 4) is 6.07 Å². The lowest BCUT2D eigenvalue weighted by Gasteiger charge is -2.12. The standard InChI is InChI=1S/C11H10ClN/c12-10-4-2-1-3-9(10)11(5-6-11)7-8-13/h1-4H,5-7H2. The average Bonchev–Trinajstić information content (AvgIpc) is 2.87. The first-order valence-corrected chi connectivity index (χ1v) is 4.78. The van der Waals surface area contributed by atoms with Crippen molar-refractivity contribution in [1.82, 2.24) is 0 Å². The Morgan fingerprint density at radius 2 is 2.08 bits per heavy atom. The molecule has 1 aromatic carbocycles. The molecule has 0 amide bonds. The minimum atomic E-state index is 0.0904. The summed E-state index contributed by atoms with van der Waals surface area (Å²) in [7, 11) is 0. The first-order chi connectivity index (χ1) is 6.28. The number of benzene rings is 1. The smallest absolute Gasteiger partial charge is 0.0631 e. The summed E-state index contributed by atoms with van der Waals surface area (Å²) >= 11 is 6.08. The number of nitriles is 1. The average molecular weight is 192 g/mol. The largest absolute Gasteiger partial charge is 0.198 e. The molecule has 2 rings (SSSR count). The summed E-state index contributed by atoms with van der Waals surface area (Å²) in [5, 5.41) is 9.50. The predicted octanol–water partition coefficient (Wildman–Crippen LogP) is 3.29.